The minimum absolute atomic E-state index is 0.105. The Hall–Kier alpha value is -4.10. The number of H-pyrrole nitrogens is 1. The molecule has 2 heterocycles. The summed E-state index contributed by atoms with van der Waals surface area (Å²) in [6.45, 7) is 0.359. The van der Waals surface area contributed by atoms with Crippen molar-refractivity contribution in [3.63, 3.8) is 0 Å². The Bertz CT molecular complexity index is 1320. The van der Waals surface area contributed by atoms with E-state index in [1.54, 1.807) is 6.07 Å². The smallest absolute Gasteiger partial charge is 0.410 e. The second-order valence-corrected chi connectivity index (χ2v) is 8.38. The molecule has 2 unspecified atom stereocenters. The van der Waals surface area contributed by atoms with Gasteiger partial charge in [-0.05, 0) is 58.8 Å². The van der Waals surface area contributed by atoms with Crippen LogP contribution < -0.4 is 5.32 Å². The maximum Gasteiger partial charge on any atom is 0.410 e. The molecule has 7 nitrogen and oxygen atoms in total. The van der Waals surface area contributed by atoms with Gasteiger partial charge in [0.1, 0.15) is 12.6 Å². The highest BCUT2D eigenvalue weighted by molar-refractivity contribution is 5.98. The van der Waals surface area contributed by atoms with E-state index in [0.717, 1.165) is 27.6 Å². The van der Waals surface area contributed by atoms with Crippen molar-refractivity contribution >= 4 is 28.6 Å². The number of hydrogen-bond acceptors (Lipinski definition) is 4. The van der Waals surface area contributed by atoms with Crippen molar-refractivity contribution in [3.8, 4) is 11.1 Å². The average molecular weight is 456 g/mol. The molecule has 0 saturated carbocycles. The Morgan fingerprint density at radius 2 is 1.82 bits per heavy atom. The van der Waals surface area contributed by atoms with E-state index in [2.05, 4.69) is 16.4 Å². The minimum atomic E-state index is -1.01. The lowest BCUT2D eigenvalue weighted by atomic mass is 10.0. The third-order valence-electron chi connectivity index (χ3n) is 6.09. The van der Waals surface area contributed by atoms with Crippen molar-refractivity contribution in [2.24, 2.45) is 0 Å². The zero-order chi connectivity index (χ0) is 23.5. The average Bonchev–Trinajstić information content (AvgIpc) is 3.49. The number of amides is 2. The Morgan fingerprint density at radius 3 is 2.68 bits per heavy atom. The number of nitrogens with zero attached hydrogens (tertiary/aromatic N) is 1. The molecule has 3 N–H and O–H groups in total. The van der Waals surface area contributed by atoms with Crippen LogP contribution in [-0.4, -0.2) is 45.7 Å². The van der Waals surface area contributed by atoms with Crippen molar-refractivity contribution in [3.05, 3.63) is 90.6 Å². The monoisotopic (exact) mass is 455 g/mol. The van der Waals surface area contributed by atoms with Crippen LogP contribution in [0, 0.1) is 0 Å². The van der Waals surface area contributed by atoms with Crippen molar-refractivity contribution in [1.29, 1.82) is 0 Å². The topological polar surface area (TPSA) is 94.7 Å². The number of hydrogen-bond donors (Lipinski definition) is 3. The quantitative estimate of drug-likeness (QED) is 0.412. The van der Waals surface area contributed by atoms with Gasteiger partial charge in [0, 0.05) is 23.9 Å². The molecule has 2 atom stereocenters. The van der Waals surface area contributed by atoms with Crippen molar-refractivity contribution in [2.75, 3.05) is 11.9 Å². The highest BCUT2D eigenvalue weighted by Crippen LogP contribution is 2.27. The predicted octanol–water partition coefficient (Wildman–Crippen LogP) is 4.55. The molecule has 0 radical (unpaired) electrons. The fraction of sp³-hybridized carbons (Fsp3) is 0.185. The molecule has 0 bridgehead atoms. The summed E-state index contributed by atoms with van der Waals surface area (Å²) in [5.41, 5.74) is 4.48. The Morgan fingerprint density at radius 1 is 1.00 bits per heavy atom. The highest BCUT2D eigenvalue weighted by Gasteiger charge is 2.42. The molecule has 3 aromatic carbocycles. The summed E-state index contributed by atoms with van der Waals surface area (Å²) in [4.78, 5) is 30.2. The predicted molar refractivity (Wildman–Crippen MR) is 130 cm³/mol. The summed E-state index contributed by atoms with van der Waals surface area (Å²) in [5, 5.41) is 14.4. The molecule has 34 heavy (non-hydrogen) atoms. The summed E-state index contributed by atoms with van der Waals surface area (Å²) in [5.74, 6) is -0.445. The third kappa shape index (κ3) is 4.51. The SMILES string of the molecule is O=C(Nc1cccc(-c2ccc3[nH]ccc3c2)c1)C1C(O)CCN1C(=O)OCc1ccccc1. The number of aliphatic hydroxyl groups is 1. The van der Waals surface area contributed by atoms with Gasteiger partial charge in [0.15, 0.2) is 0 Å². The molecule has 0 spiro atoms. The van der Waals surface area contributed by atoms with Gasteiger partial charge in [-0.1, -0.05) is 48.5 Å². The van der Waals surface area contributed by atoms with Gasteiger partial charge in [0.25, 0.3) is 0 Å². The van der Waals surface area contributed by atoms with Crippen LogP contribution in [-0.2, 0) is 16.1 Å². The molecule has 7 heteroatoms. The van der Waals surface area contributed by atoms with Gasteiger partial charge >= 0.3 is 6.09 Å². The molecule has 1 aliphatic rings. The van der Waals surface area contributed by atoms with Gasteiger partial charge in [-0.15, -0.1) is 0 Å². The molecule has 1 fully saturated rings. The number of nitrogens with one attached hydrogen (secondary N) is 2. The molecule has 4 aromatic rings. The van der Waals surface area contributed by atoms with Crippen LogP contribution in [0.2, 0.25) is 0 Å². The number of fused-ring (bicyclic) bond motifs is 1. The van der Waals surface area contributed by atoms with E-state index >= 15 is 0 Å². The van der Waals surface area contributed by atoms with E-state index in [4.69, 9.17) is 4.74 Å². The van der Waals surface area contributed by atoms with Crippen molar-refractivity contribution < 1.29 is 19.4 Å². The molecule has 1 aliphatic heterocycles. The van der Waals surface area contributed by atoms with Gasteiger partial charge in [-0.3, -0.25) is 9.69 Å². The van der Waals surface area contributed by atoms with Crippen molar-refractivity contribution in [2.45, 2.75) is 25.2 Å². The minimum Gasteiger partial charge on any atom is -0.445 e. The van der Waals surface area contributed by atoms with Gasteiger partial charge in [-0.25, -0.2) is 4.79 Å². The Labute approximate surface area is 197 Å². The van der Waals surface area contributed by atoms with E-state index in [1.807, 2.05) is 72.9 Å². The molecule has 172 valence electrons. The molecule has 0 aliphatic carbocycles. The summed E-state index contributed by atoms with van der Waals surface area (Å²) in [7, 11) is 0. The lowest BCUT2D eigenvalue weighted by Crippen LogP contribution is -2.47. The Kier molecular flexibility index (Phi) is 6.01. The lowest BCUT2D eigenvalue weighted by Gasteiger charge is -2.25. The maximum atomic E-state index is 13.1. The molecule has 5 rings (SSSR count). The number of carbonyl (C=O) groups excluding carboxylic acids is 2. The van der Waals surface area contributed by atoms with Crippen LogP contribution in [0.1, 0.15) is 12.0 Å². The van der Waals surface area contributed by atoms with Gasteiger partial charge in [0.2, 0.25) is 5.91 Å². The Balaban J connectivity index is 1.28. The fourth-order valence-electron chi connectivity index (χ4n) is 4.32. The second kappa shape index (κ2) is 9.41. The molecular weight excluding hydrogens is 430 g/mol. The first kappa shape index (κ1) is 21.7. The van der Waals surface area contributed by atoms with E-state index in [1.165, 1.54) is 4.90 Å². The van der Waals surface area contributed by atoms with Crippen LogP contribution in [0.4, 0.5) is 10.5 Å². The number of aromatic nitrogens is 1. The number of aliphatic hydroxyl groups excluding tert-OH is 1. The maximum absolute atomic E-state index is 13.1. The second-order valence-electron chi connectivity index (χ2n) is 8.38. The van der Waals surface area contributed by atoms with Crippen LogP contribution in [0.25, 0.3) is 22.0 Å². The largest absolute Gasteiger partial charge is 0.445 e. The van der Waals surface area contributed by atoms with E-state index in [0.29, 0.717) is 12.1 Å². The zero-order valence-electron chi connectivity index (χ0n) is 18.5. The lowest BCUT2D eigenvalue weighted by molar-refractivity contribution is -0.122. The first-order valence-corrected chi connectivity index (χ1v) is 11.2. The zero-order valence-corrected chi connectivity index (χ0v) is 18.5. The number of benzene rings is 3. The van der Waals surface area contributed by atoms with Crippen LogP contribution in [0.5, 0.6) is 0 Å². The summed E-state index contributed by atoms with van der Waals surface area (Å²) in [6, 6.07) is 24.0. The number of aromatic amines is 1. The highest BCUT2D eigenvalue weighted by atomic mass is 16.6. The molecule has 1 saturated heterocycles. The van der Waals surface area contributed by atoms with Gasteiger partial charge in [-0.2, -0.15) is 0 Å². The summed E-state index contributed by atoms with van der Waals surface area (Å²) >= 11 is 0. The molecule has 1 aromatic heterocycles. The van der Waals surface area contributed by atoms with Gasteiger partial charge < -0.3 is 20.1 Å². The standard InChI is InChI=1S/C27H25N3O4/c31-24-12-14-30(27(33)34-17-18-5-2-1-3-6-18)25(24)26(32)29-22-8-4-7-19(16-22)20-9-10-23-21(15-20)11-13-28-23/h1-11,13,15-16,24-25,28,31H,12,14,17H2,(H,29,32). The van der Waals surface area contributed by atoms with E-state index < -0.39 is 24.1 Å². The van der Waals surface area contributed by atoms with Crippen LogP contribution in [0.3, 0.4) is 0 Å². The normalized spacial score (nSPS) is 17.6. The first-order valence-electron chi connectivity index (χ1n) is 11.2. The van der Waals surface area contributed by atoms with E-state index in [-0.39, 0.29) is 13.2 Å². The van der Waals surface area contributed by atoms with Crippen LogP contribution in [0.15, 0.2) is 85.1 Å². The number of rotatable bonds is 5. The fourth-order valence-corrected chi connectivity index (χ4v) is 4.32. The third-order valence-corrected chi connectivity index (χ3v) is 6.09. The van der Waals surface area contributed by atoms with Crippen molar-refractivity contribution in [1.82, 2.24) is 9.88 Å². The number of anilines is 1. The molecule has 2 amide bonds. The van der Waals surface area contributed by atoms with Crippen LogP contribution >= 0.6 is 0 Å². The number of ether oxygens (including phenoxy) is 1. The van der Waals surface area contributed by atoms with Gasteiger partial charge in [0.05, 0.1) is 6.10 Å². The first-order chi connectivity index (χ1) is 16.6. The summed E-state index contributed by atoms with van der Waals surface area (Å²) < 4.78 is 5.39. The van der Waals surface area contributed by atoms with E-state index in [9.17, 15) is 14.7 Å². The molecular formula is C27H25N3O4. The summed E-state index contributed by atoms with van der Waals surface area (Å²) in [6.07, 6.45) is 0.640. The number of carbonyl (C=O) groups is 2. The number of likely N-dealkylation sites (tertiary alicyclic amines) is 1.